The Kier molecular flexibility index (Phi) is 4.46. The average Bonchev–Trinajstić information content (AvgIpc) is 2.75. The molecule has 0 aliphatic rings. The molecule has 1 aromatic heterocycles. The molecule has 18 heavy (non-hydrogen) atoms. The summed E-state index contributed by atoms with van der Waals surface area (Å²) < 4.78 is 2.57. The van der Waals surface area contributed by atoms with Crippen LogP contribution in [0.3, 0.4) is 0 Å². The highest BCUT2D eigenvalue weighted by Crippen LogP contribution is 2.39. The van der Waals surface area contributed by atoms with Crippen molar-refractivity contribution in [3.8, 4) is 0 Å². The highest BCUT2D eigenvalue weighted by Gasteiger charge is 2.23. The Morgan fingerprint density at radius 1 is 1.33 bits per heavy atom. The van der Waals surface area contributed by atoms with Crippen LogP contribution in [0.15, 0.2) is 28.1 Å². The fourth-order valence-electron chi connectivity index (χ4n) is 2.26. The van der Waals surface area contributed by atoms with Gasteiger partial charge >= 0.3 is 0 Å². The van der Waals surface area contributed by atoms with E-state index in [9.17, 15) is 0 Å². The number of benzene rings is 1. The van der Waals surface area contributed by atoms with E-state index < -0.39 is 0 Å². The van der Waals surface area contributed by atoms with E-state index in [1.807, 2.05) is 11.3 Å². The smallest absolute Gasteiger partial charge is 0.0487 e. The lowest BCUT2D eigenvalue weighted by Gasteiger charge is -2.24. The van der Waals surface area contributed by atoms with E-state index in [1.165, 1.54) is 26.5 Å². The molecule has 2 aromatic rings. The van der Waals surface area contributed by atoms with Crippen molar-refractivity contribution in [2.45, 2.75) is 32.6 Å². The van der Waals surface area contributed by atoms with Crippen LogP contribution in [0, 0.1) is 0 Å². The van der Waals surface area contributed by atoms with Crippen LogP contribution in [-0.2, 0) is 5.41 Å². The monoisotopic (exact) mass is 325 g/mol. The van der Waals surface area contributed by atoms with Crippen molar-refractivity contribution in [2.75, 3.05) is 13.1 Å². The fourth-order valence-corrected chi connectivity index (χ4v) is 4.07. The first-order valence-corrected chi connectivity index (χ1v) is 8.10. The second kappa shape index (κ2) is 5.72. The zero-order valence-electron chi connectivity index (χ0n) is 11.2. The van der Waals surface area contributed by atoms with Crippen molar-refractivity contribution in [3.05, 3.63) is 33.6 Å². The third-order valence-corrected chi connectivity index (χ3v) is 5.41. The molecule has 1 heterocycles. The average molecular weight is 326 g/mol. The summed E-state index contributed by atoms with van der Waals surface area (Å²) in [6.45, 7) is 8.96. The summed E-state index contributed by atoms with van der Waals surface area (Å²) in [7, 11) is 0. The van der Waals surface area contributed by atoms with Crippen LogP contribution in [0.25, 0.3) is 10.1 Å². The van der Waals surface area contributed by atoms with E-state index in [2.05, 4.69) is 65.6 Å². The zero-order chi connectivity index (χ0) is 13.2. The molecule has 0 amide bonds. The molecule has 1 N–H and O–H groups in total. The number of halogens is 1. The Hall–Kier alpha value is -0.380. The number of hydrogen-bond donors (Lipinski definition) is 1. The van der Waals surface area contributed by atoms with Gasteiger partial charge in [-0.2, -0.15) is 0 Å². The molecule has 0 fully saturated rings. The standard InChI is InChI=1S/C15H20BrNS/c1-4-17-9-8-15(2,3)12-10-18-14-11(12)6-5-7-13(14)16/h5-7,10,17H,4,8-9H2,1-3H3. The lowest BCUT2D eigenvalue weighted by molar-refractivity contribution is 0.465. The first-order chi connectivity index (χ1) is 8.56. The molecule has 2 rings (SSSR count). The summed E-state index contributed by atoms with van der Waals surface area (Å²) in [5, 5.41) is 7.14. The molecule has 0 unspecified atom stereocenters. The number of fused-ring (bicyclic) bond motifs is 1. The molecule has 0 bridgehead atoms. The summed E-state index contributed by atoms with van der Waals surface area (Å²) in [6, 6.07) is 6.48. The number of nitrogens with one attached hydrogen (secondary N) is 1. The topological polar surface area (TPSA) is 12.0 Å². The van der Waals surface area contributed by atoms with Gasteiger partial charge in [0.2, 0.25) is 0 Å². The molecular weight excluding hydrogens is 306 g/mol. The molecule has 1 aromatic carbocycles. The minimum absolute atomic E-state index is 0.223. The minimum atomic E-state index is 0.223. The molecule has 0 radical (unpaired) electrons. The van der Waals surface area contributed by atoms with Crippen LogP contribution in [0.5, 0.6) is 0 Å². The Morgan fingerprint density at radius 2 is 2.11 bits per heavy atom. The van der Waals surface area contributed by atoms with Gasteiger partial charge in [0.25, 0.3) is 0 Å². The van der Waals surface area contributed by atoms with E-state index in [0.29, 0.717) is 0 Å². The van der Waals surface area contributed by atoms with Crippen LogP contribution in [0.2, 0.25) is 0 Å². The predicted molar refractivity (Wildman–Crippen MR) is 85.7 cm³/mol. The molecular formula is C15H20BrNS. The predicted octanol–water partition coefficient (Wildman–Crippen LogP) is 4.94. The molecule has 0 atom stereocenters. The van der Waals surface area contributed by atoms with Crippen molar-refractivity contribution >= 4 is 37.4 Å². The molecule has 3 heteroatoms. The van der Waals surface area contributed by atoms with Gasteiger partial charge in [-0.15, -0.1) is 11.3 Å². The number of hydrogen-bond acceptors (Lipinski definition) is 2. The van der Waals surface area contributed by atoms with Gasteiger partial charge in [0.05, 0.1) is 0 Å². The largest absolute Gasteiger partial charge is 0.317 e. The van der Waals surface area contributed by atoms with E-state index in [-0.39, 0.29) is 5.41 Å². The van der Waals surface area contributed by atoms with Gasteiger partial charge in [0.1, 0.15) is 0 Å². The first-order valence-electron chi connectivity index (χ1n) is 6.43. The van der Waals surface area contributed by atoms with Gasteiger partial charge in [0.15, 0.2) is 0 Å². The van der Waals surface area contributed by atoms with E-state index in [1.54, 1.807) is 0 Å². The van der Waals surface area contributed by atoms with Gasteiger partial charge in [-0.1, -0.05) is 32.9 Å². The number of thiophene rings is 1. The zero-order valence-corrected chi connectivity index (χ0v) is 13.6. The van der Waals surface area contributed by atoms with Crippen LogP contribution in [0.1, 0.15) is 32.8 Å². The van der Waals surface area contributed by atoms with E-state index in [4.69, 9.17) is 0 Å². The van der Waals surface area contributed by atoms with Crippen molar-refractivity contribution in [2.24, 2.45) is 0 Å². The summed E-state index contributed by atoms with van der Waals surface area (Å²) in [4.78, 5) is 0. The maximum Gasteiger partial charge on any atom is 0.0487 e. The van der Waals surface area contributed by atoms with Crippen molar-refractivity contribution < 1.29 is 0 Å². The van der Waals surface area contributed by atoms with Crippen molar-refractivity contribution in [3.63, 3.8) is 0 Å². The Labute approximate surface area is 122 Å². The van der Waals surface area contributed by atoms with Crippen LogP contribution in [-0.4, -0.2) is 13.1 Å². The van der Waals surface area contributed by atoms with Gasteiger partial charge in [-0.3, -0.25) is 0 Å². The molecule has 1 nitrogen and oxygen atoms in total. The van der Waals surface area contributed by atoms with Gasteiger partial charge < -0.3 is 5.32 Å². The Balaban J connectivity index is 2.32. The Bertz CT molecular complexity index is 530. The minimum Gasteiger partial charge on any atom is -0.317 e. The number of rotatable bonds is 5. The molecule has 0 saturated carbocycles. The maximum absolute atomic E-state index is 3.64. The van der Waals surface area contributed by atoms with Gasteiger partial charge in [-0.25, -0.2) is 0 Å². The van der Waals surface area contributed by atoms with E-state index >= 15 is 0 Å². The van der Waals surface area contributed by atoms with Crippen molar-refractivity contribution in [1.82, 2.24) is 5.32 Å². The molecule has 0 aliphatic heterocycles. The molecule has 98 valence electrons. The summed E-state index contributed by atoms with van der Waals surface area (Å²) in [5.74, 6) is 0. The van der Waals surface area contributed by atoms with Gasteiger partial charge in [0, 0.05) is 9.17 Å². The molecule has 0 spiro atoms. The first kappa shape index (κ1) is 14.0. The second-order valence-electron chi connectivity index (χ2n) is 5.25. The molecule has 0 aliphatic carbocycles. The lowest BCUT2D eigenvalue weighted by atomic mass is 9.81. The third kappa shape index (κ3) is 2.79. The lowest BCUT2D eigenvalue weighted by Crippen LogP contribution is -2.25. The quantitative estimate of drug-likeness (QED) is 0.767. The summed E-state index contributed by atoms with van der Waals surface area (Å²) >= 11 is 5.48. The third-order valence-electron chi connectivity index (χ3n) is 3.46. The summed E-state index contributed by atoms with van der Waals surface area (Å²) in [6.07, 6.45) is 1.17. The van der Waals surface area contributed by atoms with Crippen molar-refractivity contribution in [1.29, 1.82) is 0 Å². The van der Waals surface area contributed by atoms with Crippen LogP contribution < -0.4 is 5.32 Å². The van der Waals surface area contributed by atoms with Crippen LogP contribution >= 0.6 is 27.3 Å². The Morgan fingerprint density at radius 3 is 2.83 bits per heavy atom. The highest BCUT2D eigenvalue weighted by atomic mass is 79.9. The SMILES string of the molecule is CCNCCC(C)(C)c1csc2c(Br)cccc12. The van der Waals surface area contributed by atoms with Gasteiger partial charge in [-0.05, 0) is 63.3 Å². The normalized spacial score (nSPS) is 12.2. The second-order valence-corrected chi connectivity index (χ2v) is 6.99. The maximum atomic E-state index is 3.64. The van der Waals surface area contributed by atoms with E-state index in [0.717, 1.165) is 13.1 Å². The fraction of sp³-hybridized carbons (Fsp3) is 0.467. The molecule has 0 saturated heterocycles. The van der Waals surface area contributed by atoms with Crippen LogP contribution in [0.4, 0.5) is 0 Å². The highest BCUT2D eigenvalue weighted by molar-refractivity contribution is 9.10. The summed E-state index contributed by atoms with van der Waals surface area (Å²) in [5.41, 5.74) is 1.70.